The lowest BCUT2D eigenvalue weighted by Crippen LogP contribution is -2.59. The molecule has 5 nitrogen and oxygen atoms in total. The lowest BCUT2D eigenvalue weighted by Gasteiger charge is -2.61. The van der Waals surface area contributed by atoms with Crippen LogP contribution in [0.2, 0.25) is 0 Å². The van der Waals surface area contributed by atoms with Crippen molar-refractivity contribution in [3.63, 3.8) is 0 Å². The Hall–Kier alpha value is -1.33. The first kappa shape index (κ1) is 33.2. The fourth-order valence-corrected chi connectivity index (χ4v) is 12.8. The summed E-state index contributed by atoms with van der Waals surface area (Å²) in [7, 11) is 0. The molecule has 0 aromatic rings. The molecule has 258 valence electrons. The molecule has 5 heteroatoms. The highest BCUT2D eigenvalue weighted by Gasteiger charge is 2.63. The SMILES string of the molecule is CC1CCC(C(C)C)C(OC(=O)N(CC2CCC3CC2C3(C)C)CC2(O)CCC3C4=CC=C5CC(O)CCC5(C)C4CCC32C)C1. The maximum absolute atomic E-state index is 14.4. The summed E-state index contributed by atoms with van der Waals surface area (Å²) in [5.74, 6) is 4.27. The van der Waals surface area contributed by atoms with Crippen molar-refractivity contribution in [1.29, 1.82) is 0 Å². The van der Waals surface area contributed by atoms with Crippen LogP contribution in [0.15, 0.2) is 23.3 Å². The van der Waals surface area contributed by atoms with Crippen LogP contribution in [0, 0.1) is 63.6 Å². The zero-order valence-electron chi connectivity index (χ0n) is 30.2. The molecule has 8 aliphatic carbocycles. The second kappa shape index (κ2) is 11.6. The Morgan fingerprint density at radius 3 is 2.43 bits per heavy atom. The van der Waals surface area contributed by atoms with Gasteiger partial charge in [0.2, 0.25) is 0 Å². The van der Waals surface area contributed by atoms with E-state index in [0.717, 1.165) is 70.3 Å². The van der Waals surface area contributed by atoms with Gasteiger partial charge in [-0.1, -0.05) is 78.2 Å². The minimum absolute atomic E-state index is 0.0326. The van der Waals surface area contributed by atoms with Gasteiger partial charge in [-0.25, -0.2) is 4.79 Å². The van der Waals surface area contributed by atoms with E-state index in [1.165, 1.54) is 36.8 Å². The maximum Gasteiger partial charge on any atom is 0.410 e. The molecule has 1 amide bonds. The largest absolute Gasteiger partial charge is 0.446 e. The van der Waals surface area contributed by atoms with Crippen LogP contribution in [-0.2, 0) is 4.74 Å². The number of aliphatic hydroxyl groups excluding tert-OH is 1. The molecule has 0 spiro atoms. The molecule has 12 atom stereocenters. The molecule has 0 aromatic carbocycles. The fourth-order valence-electron chi connectivity index (χ4n) is 12.8. The van der Waals surface area contributed by atoms with Crippen LogP contribution in [0.1, 0.15) is 132 Å². The van der Waals surface area contributed by atoms with E-state index in [1.54, 1.807) is 0 Å². The number of carbonyl (C=O) groups is 1. The molecule has 0 heterocycles. The van der Waals surface area contributed by atoms with Crippen LogP contribution < -0.4 is 0 Å². The van der Waals surface area contributed by atoms with E-state index >= 15 is 0 Å². The van der Waals surface area contributed by atoms with Crippen LogP contribution in [-0.4, -0.2) is 52.1 Å². The second-order valence-electron chi connectivity index (χ2n) is 19.1. The van der Waals surface area contributed by atoms with E-state index in [4.69, 9.17) is 4.74 Å². The van der Waals surface area contributed by atoms with Gasteiger partial charge in [-0.2, -0.15) is 0 Å². The van der Waals surface area contributed by atoms with Gasteiger partial charge in [-0.3, -0.25) is 0 Å². The lowest BCUT2D eigenvalue weighted by atomic mass is 9.45. The quantitative estimate of drug-likeness (QED) is 0.306. The van der Waals surface area contributed by atoms with Crippen LogP contribution in [0.4, 0.5) is 4.79 Å². The molecule has 0 radical (unpaired) electrons. The van der Waals surface area contributed by atoms with Crippen LogP contribution in [0.3, 0.4) is 0 Å². The monoisotopic (exact) mass is 635 g/mol. The zero-order valence-corrected chi connectivity index (χ0v) is 30.2. The maximum atomic E-state index is 14.4. The van der Waals surface area contributed by atoms with Crippen LogP contribution in [0.5, 0.6) is 0 Å². The molecule has 8 aliphatic rings. The number of amides is 1. The number of rotatable bonds is 6. The molecular weight excluding hydrogens is 570 g/mol. The Balaban J connectivity index is 1.15. The number of ether oxygens (including phenoxy) is 1. The van der Waals surface area contributed by atoms with Crippen molar-refractivity contribution in [1.82, 2.24) is 4.90 Å². The Labute approximate surface area is 280 Å². The third-order valence-electron chi connectivity index (χ3n) is 16.2. The van der Waals surface area contributed by atoms with Crippen molar-refractivity contribution in [2.24, 2.45) is 63.6 Å². The predicted molar refractivity (Wildman–Crippen MR) is 184 cm³/mol. The molecule has 0 aromatic heterocycles. The number of aliphatic hydroxyl groups is 2. The first-order chi connectivity index (χ1) is 21.7. The molecule has 7 saturated carbocycles. The molecule has 12 unspecified atom stereocenters. The number of carbonyl (C=O) groups excluding carboxylic acids is 1. The summed E-state index contributed by atoms with van der Waals surface area (Å²) >= 11 is 0. The first-order valence-electron chi connectivity index (χ1n) is 19.4. The number of hydrogen-bond acceptors (Lipinski definition) is 4. The lowest BCUT2D eigenvalue weighted by molar-refractivity contribution is -0.127. The van der Waals surface area contributed by atoms with Crippen molar-refractivity contribution in [3.8, 4) is 0 Å². The minimum Gasteiger partial charge on any atom is -0.446 e. The summed E-state index contributed by atoms with van der Waals surface area (Å²) in [6.07, 6.45) is 17.9. The van der Waals surface area contributed by atoms with Crippen molar-refractivity contribution in [2.75, 3.05) is 13.1 Å². The molecule has 8 rings (SSSR count). The summed E-state index contributed by atoms with van der Waals surface area (Å²) in [5, 5.41) is 23.3. The van der Waals surface area contributed by atoms with Gasteiger partial charge in [0.15, 0.2) is 0 Å². The van der Waals surface area contributed by atoms with Gasteiger partial charge in [-0.05, 0) is 135 Å². The van der Waals surface area contributed by atoms with E-state index in [2.05, 4.69) is 60.6 Å². The number of allylic oxidation sites excluding steroid dienone is 3. The van der Waals surface area contributed by atoms with E-state index in [1.807, 2.05) is 4.90 Å². The summed E-state index contributed by atoms with van der Waals surface area (Å²) in [4.78, 5) is 16.5. The molecule has 7 fully saturated rings. The third-order valence-corrected chi connectivity index (χ3v) is 16.2. The summed E-state index contributed by atoms with van der Waals surface area (Å²) in [6.45, 7) is 17.6. The average molecular weight is 636 g/mol. The van der Waals surface area contributed by atoms with Gasteiger partial charge in [0.1, 0.15) is 6.10 Å². The highest BCUT2D eigenvalue weighted by atomic mass is 16.6. The fraction of sp³-hybridized carbons (Fsp3) is 0.878. The molecule has 2 N–H and O–H groups in total. The Morgan fingerprint density at radius 2 is 1.72 bits per heavy atom. The molecule has 0 saturated heterocycles. The minimum atomic E-state index is -0.931. The molecule has 46 heavy (non-hydrogen) atoms. The van der Waals surface area contributed by atoms with E-state index in [-0.39, 0.29) is 29.1 Å². The van der Waals surface area contributed by atoms with Crippen molar-refractivity contribution >= 4 is 6.09 Å². The second-order valence-corrected chi connectivity index (χ2v) is 19.1. The van der Waals surface area contributed by atoms with E-state index in [0.29, 0.717) is 53.4 Å². The summed E-state index contributed by atoms with van der Waals surface area (Å²) in [6, 6.07) is 0. The number of fused-ring (bicyclic) bond motifs is 7. The normalized spacial score (nSPS) is 47.5. The van der Waals surface area contributed by atoms with Crippen LogP contribution >= 0.6 is 0 Å². The predicted octanol–water partition coefficient (Wildman–Crippen LogP) is 8.93. The Bertz CT molecular complexity index is 1250. The van der Waals surface area contributed by atoms with Gasteiger partial charge >= 0.3 is 6.09 Å². The smallest absolute Gasteiger partial charge is 0.410 e. The van der Waals surface area contributed by atoms with Gasteiger partial charge in [0, 0.05) is 12.0 Å². The molecule has 2 bridgehead atoms. The Morgan fingerprint density at radius 1 is 0.957 bits per heavy atom. The van der Waals surface area contributed by atoms with Crippen molar-refractivity contribution < 1.29 is 19.7 Å². The van der Waals surface area contributed by atoms with Gasteiger partial charge in [-0.15, -0.1) is 0 Å². The van der Waals surface area contributed by atoms with Crippen LogP contribution in [0.25, 0.3) is 0 Å². The standard InChI is InChI=1S/C41H65NO4/c1-25(2)31-12-8-26(3)20-36(31)46-37(44)42(23-27-9-10-28-22-35(27)38(28,4)5)24-41(45)19-16-34-32-13-11-29-21-30(43)14-17-39(29,6)33(32)15-18-40(34,41)7/h11,13,25-28,30-31,33-36,43,45H,8-10,12,14-24H2,1-7H3. The topological polar surface area (TPSA) is 70.0 Å². The van der Waals surface area contributed by atoms with Crippen molar-refractivity contribution in [2.45, 2.75) is 150 Å². The molecule has 0 aliphatic heterocycles. The summed E-state index contributed by atoms with van der Waals surface area (Å²) in [5.41, 5.74) is 2.24. The van der Waals surface area contributed by atoms with Gasteiger partial charge in [0.05, 0.1) is 18.2 Å². The number of nitrogens with zero attached hydrogens (tertiary/aromatic N) is 1. The summed E-state index contributed by atoms with van der Waals surface area (Å²) < 4.78 is 6.57. The average Bonchev–Trinajstić information content (AvgIpc) is 3.27. The van der Waals surface area contributed by atoms with E-state index in [9.17, 15) is 15.0 Å². The number of hydrogen-bond donors (Lipinski definition) is 2. The third kappa shape index (κ3) is 5.17. The van der Waals surface area contributed by atoms with E-state index < -0.39 is 5.60 Å². The highest BCUT2D eigenvalue weighted by molar-refractivity contribution is 5.68. The highest BCUT2D eigenvalue weighted by Crippen LogP contribution is 2.66. The zero-order chi connectivity index (χ0) is 32.8. The first-order valence-corrected chi connectivity index (χ1v) is 19.4. The molecular formula is C41H65NO4. The Kier molecular flexibility index (Phi) is 8.39. The van der Waals surface area contributed by atoms with Gasteiger partial charge < -0.3 is 19.8 Å². The van der Waals surface area contributed by atoms with Crippen molar-refractivity contribution in [3.05, 3.63) is 23.3 Å². The van der Waals surface area contributed by atoms with Gasteiger partial charge in [0.25, 0.3) is 0 Å².